The minimum atomic E-state index is 0.812. The summed E-state index contributed by atoms with van der Waals surface area (Å²) in [5.74, 6) is 17.4. The molecule has 0 heterocycles. The molecule has 0 unspecified atom stereocenters. The van der Waals surface area contributed by atoms with E-state index in [9.17, 15) is 0 Å². The van der Waals surface area contributed by atoms with E-state index in [-0.39, 0.29) is 0 Å². The second-order valence-corrected chi connectivity index (χ2v) is 16.0. The van der Waals surface area contributed by atoms with Crippen LogP contribution in [0.2, 0.25) is 0 Å². The quantitative estimate of drug-likeness (QED) is 0.128. The van der Waals surface area contributed by atoms with Gasteiger partial charge in [0.05, 0.1) is 28.4 Å². The van der Waals surface area contributed by atoms with Crippen LogP contribution >= 0.6 is 0 Å². The van der Waals surface area contributed by atoms with Crippen LogP contribution in [-0.4, -0.2) is 28.4 Å². The maximum Gasteiger partial charge on any atom is 0.119 e. The first-order valence-electron chi connectivity index (χ1n) is 22.1. The second-order valence-electron chi connectivity index (χ2n) is 16.0. The molecule has 0 aliphatic heterocycles. The lowest BCUT2D eigenvalue weighted by molar-refractivity contribution is 0.414. The molecule has 324 valence electrons. The minimum Gasteiger partial charge on any atom is -0.497 e. The first-order valence-corrected chi connectivity index (χ1v) is 22.1. The molecular formula is C60H50N2O4. The van der Waals surface area contributed by atoms with Gasteiger partial charge in [0.15, 0.2) is 0 Å². The van der Waals surface area contributed by atoms with Gasteiger partial charge >= 0.3 is 0 Å². The molecule has 4 aliphatic carbocycles. The van der Waals surface area contributed by atoms with Gasteiger partial charge in [-0.05, 0) is 206 Å². The van der Waals surface area contributed by atoms with E-state index in [0.29, 0.717) is 0 Å². The van der Waals surface area contributed by atoms with Crippen molar-refractivity contribution in [1.29, 1.82) is 0 Å². The van der Waals surface area contributed by atoms with E-state index in [0.717, 1.165) is 105 Å². The molecule has 0 aromatic heterocycles. The van der Waals surface area contributed by atoms with Gasteiger partial charge in [0, 0.05) is 56.4 Å². The molecule has 4 aliphatic rings. The van der Waals surface area contributed by atoms with Crippen LogP contribution in [0.3, 0.4) is 0 Å². The summed E-state index contributed by atoms with van der Waals surface area (Å²) in [5.41, 5.74) is 15.3. The number of hydrogen-bond donors (Lipinski definition) is 0. The summed E-state index contributed by atoms with van der Waals surface area (Å²) in [6.07, 6.45) is 3.56. The van der Waals surface area contributed by atoms with Gasteiger partial charge in [-0.25, -0.2) is 0 Å². The topological polar surface area (TPSA) is 43.4 Å². The lowest BCUT2D eigenvalue weighted by Gasteiger charge is -2.25. The fourth-order valence-corrected chi connectivity index (χ4v) is 8.27. The average molecular weight is 863 g/mol. The van der Waals surface area contributed by atoms with Gasteiger partial charge in [-0.2, -0.15) is 0 Å². The van der Waals surface area contributed by atoms with Crippen molar-refractivity contribution in [3.05, 3.63) is 226 Å². The van der Waals surface area contributed by atoms with Crippen LogP contribution in [0.5, 0.6) is 23.0 Å². The molecule has 0 atom stereocenters. The van der Waals surface area contributed by atoms with Crippen molar-refractivity contribution in [2.45, 2.75) is 25.7 Å². The number of rotatable bonds is 10. The van der Waals surface area contributed by atoms with Crippen LogP contribution in [0.4, 0.5) is 34.1 Å². The van der Waals surface area contributed by atoms with Crippen molar-refractivity contribution in [2.75, 3.05) is 38.2 Å². The molecule has 8 aromatic carbocycles. The Hall–Kier alpha value is -8.32. The van der Waals surface area contributed by atoms with Gasteiger partial charge in [0.25, 0.3) is 0 Å². The van der Waals surface area contributed by atoms with Crippen LogP contribution < -0.4 is 28.7 Å². The highest BCUT2D eigenvalue weighted by Crippen LogP contribution is 2.38. The summed E-state index contributed by atoms with van der Waals surface area (Å²) in [6, 6.07) is 62.9. The highest BCUT2D eigenvalue weighted by atomic mass is 16.5. The Morgan fingerprint density at radius 1 is 0.303 bits per heavy atom. The Labute approximate surface area is 388 Å². The summed E-state index contributed by atoms with van der Waals surface area (Å²) < 4.78 is 21.7. The third kappa shape index (κ3) is 9.90. The van der Waals surface area contributed by atoms with E-state index >= 15 is 0 Å². The fraction of sp³-hybridized carbons (Fsp3) is 0.133. The van der Waals surface area contributed by atoms with Crippen molar-refractivity contribution in [3.63, 3.8) is 0 Å². The molecule has 8 aromatic rings. The van der Waals surface area contributed by atoms with Crippen molar-refractivity contribution in [3.8, 4) is 46.7 Å². The van der Waals surface area contributed by atoms with Gasteiger partial charge in [-0.1, -0.05) is 47.9 Å². The fourth-order valence-electron chi connectivity index (χ4n) is 8.27. The number of nitrogens with zero attached hydrogens (tertiary/aromatic N) is 2. The van der Waals surface area contributed by atoms with Crippen molar-refractivity contribution in [2.24, 2.45) is 0 Å². The summed E-state index contributed by atoms with van der Waals surface area (Å²) in [7, 11) is 6.73. The highest BCUT2D eigenvalue weighted by Gasteiger charge is 2.16. The minimum absolute atomic E-state index is 0.812. The molecule has 6 nitrogen and oxygen atoms in total. The molecule has 12 rings (SSSR count). The Balaban J connectivity index is 0.923. The van der Waals surface area contributed by atoms with Crippen LogP contribution in [0.15, 0.2) is 182 Å². The SMILES string of the molecule is COc1ccc(N(c2ccc(C#Cc3cc4ccc3CCc3ccc(c(C#Cc5ccc(N(c6ccc(OC)cc6)c6ccc(OC)cc6)cc5)c3)CC4)cc2)c2ccc(OC)cc2)cc1. The van der Waals surface area contributed by atoms with E-state index in [1.165, 1.54) is 22.3 Å². The summed E-state index contributed by atoms with van der Waals surface area (Å²) >= 11 is 0. The summed E-state index contributed by atoms with van der Waals surface area (Å²) in [5, 5.41) is 0. The predicted molar refractivity (Wildman–Crippen MR) is 268 cm³/mol. The maximum atomic E-state index is 5.44. The van der Waals surface area contributed by atoms with Crippen molar-refractivity contribution in [1.82, 2.24) is 0 Å². The Kier molecular flexibility index (Phi) is 13.0. The molecule has 0 saturated carbocycles. The standard InChI is InChI=1S/C60H50N2O4/c1-63-57-33-25-53(26-34-57)61(54-27-35-58(64-2)36-28-54)51-21-11-43(12-22-51)5-19-49-41-45-7-15-47(49)17-9-46-8-16-48(18-10-45)50(42-46)20-6-44-13-23-52(24-14-44)62(55-29-37-59(65-3)38-30-55)56-31-39-60(66-4)40-32-56/h7-8,11-16,21-42H,9-10,17-18H2,1-4H3. The molecule has 0 fully saturated rings. The highest BCUT2D eigenvalue weighted by molar-refractivity contribution is 5.79. The monoisotopic (exact) mass is 862 g/mol. The first-order chi connectivity index (χ1) is 32.5. The van der Waals surface area contributed by atoms with Crippen LogP contribution in [0.25, 0.3) is 0 Å². The number of hydrogen-bond acceptors (Lipinski definition) is 6. The Morgan fingerprint density at radius 3 is 0.848 bits per heavy atom. The molecule has 0 N–H and O–H groups in total. The lowest BCUT2D eigenvalue weighted by Crippen LogP contribution is -2.09. The van der Waals surface area contributed by atoms with Crippen molar-refractivity contribution < 1.29 is 18.9 Å². The van der Waals surface area contributed by atoms with Crippen LogP contribution in [-0.2, 0) is 25.7 Å². The molecule has 6 heteroatoms. The smallest absolute Gasteiger partial charge is 0.119 e. The normalized spacial score (nSPS) is 11.5. The molecule has 4 bridgehead atoms. The van der Waals surface area contributed by atoms with Gasteiger partial charge in [0.1, 0.15) is 23.0 Å². The van der Waals surface area contributed by atoms with E-state index in [2.05, 4.69) is 167 Å². The van der Waals surface area contributed by atoms with Crippen molar-refractivity contribution >= 4 is 34.1 Å². The maximum absolute atomic E-state index is 5.44. The largest absolute Gasteiger partial charge is 0.497 e. The van der Waals surface area contributed by atoms with E-state index in [1.807, 2.05) is 48.5 Å². The summed E-state index contributed by atoms with van der Waals surface area (Å²) in [4.78, 5) is 4.43. The van der Waals surface area contributed by atoms with Crippen LogP contribution in [0.1, 0.15) is 44.5 Å². The zero-order valence-electron chi connectivity index (χ0n) is 37.7. The Bertz CT molecular complexity index is 2740. The number of benzene rings is 8. The third-order valence-electron chi connectivity index (χ3n) is 12.0. The first kappa shape index (κ1) is 43.0. The number of aryl methyl sites for hydroxylation is 4. The molecular weight excluding hydrogens is 813 g/mol. The molecule has 0 spiro atoms. The zero-order chi connectivity index (χ0) is 45.2. The summed E-state index contributed by atoms with van der Waals surface area (Å²) in [6.45, 7) is 0. The molecule has 0 amide bonds. The molecule has 66 heavy (non-hydrogen) atoms. The average Bonchev–Trinajstić information content (AvgIpc) is 3.37. The zero-order valence-corrected chi connectivity index (χ0v) is 37.7. The van der Waals surface area contributed by atoms with Gasteiger partial charge in [-0.15, -0.1) is 0 Å². The van der Waals surface area contributed by atoms with E-state index in [4.69, 9.17) is 18.9 Å². The molecule has 0 radical (unpaired) electrons. The lowest BCUT2D eigenvalue weighted by atomic mass is 9.91. The third-order valence-corrected chi connectivity index (χ3v) is 12.0. The number of anilines is 6. The van der Waals surface area contributed by atoms with Gasteiger partial charge in [-0.3, -0.25) is 0 Å². The number of methoxy groups -OCH3 is 4. The van der Waals surface area contributed by atoms with Gasteiger partial charge in [0.2, 0.25) is 0 Å². The second kappa shape index (κ2) is 20.0. The Morgan fingerprint density at radius 2 is 0.576 bits per heavy atom. The van der Waals surface area contributed by atoms with Gasteiger partial charge < -0.3 is 28.7 Å². The van der Waals surface area contributed by atoms with Crippen LogP contribution in [0, 0.1) is 23.7 Å². The predicted octanol–water partition coefficient (Wildman–Crippen LogP) is 13.3. The number of ether oxygens (including phenoxy) is 4. The van der Waals surface area contributed by atoms with E-state index < -0.39 is 0 Å². The van der Waals surface area contributed by atoms with E-state index in [1.54, 1.807) is 28.4 Å². The molecule has 0 saturated heterocycles.